The van der Waals surface area contributed by atoms with Crippen LogP contribution in [0.1, 0.15) is 54.9 Å². The molecular weight excluding hydrogens is 232 g/mol. The number of aromatic nitrogens is 1. The van der Waals surface area contributed by atoms with Gasteiger partial charge in [0.1, 0.15) is 0 Å². The Balaban J connectivity index is 2.18. The molecule has 1 heterocycles. The maximum atomic E-state index is 11.0. The second-order valence-electron chi connectivity index (χ2n) is 6.05. The largest absolute Gasteiger partial charge is 0.351 e. The zero-order valence-electron chi connectivity index (χ0n) is 11.0. The number of anilines is 1. The molecule has 4 heteroatoms. The van der Waals surface area contributed by atoms with Crippen molar-refractivity contribution < 1.29 is 4.79 Å². The average molecular weight is 252 g/mol. The van der Waals surface area contributed by atoms with Gasteiger partial charge in [-0.1, -0.05) is 32.1 Å². The van der Waals surface area contributed by atoms with E-state index in [1.807, 2.05) is 0 Å². The Morgan fingerprint density at radius 1 is 1.47 bits per heavy atom. The fourth-order valence-electron chi connectivity index (χ4n) is 2.01. The third-order valence-electron chi connectivity index (χ3n) is 2.78. The molecule has 0 atom stereocenters. The second kappa shape index (κ2) is 4.41. The first-order valence-corrected chi connectivity index (χ1v) is 6.89. The van der Waals surface area contributed by atoms with Crippen LogP contribution in [0.25, 0.3) is 0 Å². The van der Waals surface area contributed by atoms with Crippen molar-refractivity contribution in [2.24, 2.45) is 5.41 Å². The molecule has 0 radical (unpaired) electrons. The van der Waals surface area contributed by atoms with Crippen molar-refractivity contribution in [3.8, 4) is 0 Å². The Morgan fingerprint density at radius 3 is 2.59 bits per heavy atom. The van der Waals surface area contributed by atoms with Gasteiger partial charge < -0.3 is 4.90 Å². The molecule has 1 saturated carbocycles. The molecule has 1 aliphatic carbocycles. The molecule has 1 aromatic heterocycles. The van der Waals surface area contributed by atoms with Crippen molar-refractivity contribution in [3.63, 3.8) is 0 Å². The summed E-state index contributed by atoms with van der Waals surface area (Å²) < 4.78 is 0. The van der Waals surface area contributed by atoms with Crippen LogP contribution in [0.4, 0.5) is 5.13 Å². The van der Waals surface area contributed by atoms with Crippen LogP contribution in [0.5, 0.6) is 0 Å². The van der Waals surface area contributed by atoms with Crippen molar-refractivity contribution >= 4 is 22.8 Å². The number of aldehydes is 1. The van der Waals surface area contributed by atoms with Crippen molar-refractivity contribution in [3.05, 3.63) is 10.6 Å². The first-order valence-electron chi connectivity index (χ1n) is 6.08. The Labute approximate surface area is 107 Å². The number of nitrogens with zero attached hydrogens (tertiary/aromatic N) is 2. The molecule has 0 N–H and O–H groups in total. The molecule has 1 aliphatic rings. The van der Waals surface area contributed by atoms with E-state index in [1.165, 1.54) is 24.2 Å². The third kappa shape index (κ3) is 3.06. The van der Waals surface area contributed by atoms with E-state index in [-0.39, 0.29) is 5.41 Å². The van der Waals surface area contributed by atoms with E-state index in [4.69, 9.17) is 0 Å². The highest BCUT2D eigenvalue weighted by Crippen LogP contribution is 2.43. The molecule has 0 amide bonds. The van der Waals surface area contributed by atoms with Crippen LogP contribution in [-0.2, 0) is 0 Å². The standard InChI is InChI=1S/C13H20N2OS/c1-13(2,3)8-15(4)12-14-11(9-5-6-9)10(7-16)17-12/h7,9H,5-6,8H2,1-4H3. The maximum absolute atomic E-state index is 11.0. The molecule has 1 fully saturated rings. The predicted octanol–water partition coefficient (Wildman–Crippen LogP) is 3.32. The molecule has 0 saturated heterocycles. The fourth-order valence-corrected chi connectivity index (χ4v) is 2.93. The van der Waals surface area contributed by atoms with Gasteiger partial charge in [0.05, 0.1) is 10.6 Å². The molecule has 17 heavy (non-hydrogen) atoms. The SMILES string of the molecule is CN(CC(C)(C)C)c1nc(C2CC2)c(C=O)s1. The lowest BCUT2D eigenvalue weighted by atomic mass is 9.96. The zero-order valence-corrected chi connectivity index (χ0v) is 11.8. The highest BCUT2D eigenvalue weighted by Gasteiger charge is 2.30. The first kappa shape index (κ1) is 12.6. The minimum Gasteiger partial charge on any atom is -0.351 e. The summed E-state index contributed by atoms with van der Waals surface area (Å²) in [5.74, 6) is 0.545. The van der Waals surface area contributed by atoms with Gasteiger partial charge in [0.25, 0.3) is 0 Å². The van der Waals surface area contributed by atoms with Gasteiger partial charge in [0, 0.05) is 19.5 Å². The Morgan fingerprint density at radius 2 is 2.12 bits per heavy atom. The van der Waals surface area contributed by atoms with Gasteiger partial charge in [-0.3, -0.25) is 4.79 Å². The van der Waals surface area contributed by atoms with Gasteiger partial charge in [-0.15, -0.1) is 0 Å². The number of rotatable bonds is 4. The number of carbonyl (C=O) groups excluding carboxylic acids is 1. The van der Waals surface area contributed by atoms with E-state index in [9.17, 15) is 4.79 Å². The van der Waals surface area contributed by atoms with Gasteiger partial charge >= 0.3 is 0 Å². The third-order valence-corrected chi connectivity index (χ3v) is 3.89. The Bertz CT molecular complexity index is 416. The van der Waals surface area contributed by atoms with E-state index in [0.717, 1.165) is 28.5 Å². The Kier molecular flexibility index (Phi) is 3.25. The summed E-state index contributed by atoms with van der Waals surface area (Å²) in [7, 11) is 2.05. The normalized spacial score (nSPS) is 16.0. The summed E-state index contributed by atoms with van der Waals surface area (Å²) in [5.41, 5.74) is 1.27. The second-order valence-corrected chi connectivity index (χ2v) is 7.06. The van der Waals surface area contributed by atoms with Gasteiger partial charge in [-0.25, -0.2) is 4.98 Å². The lowest BCUT2D eigenvalue weighted by molar-refractivity contribution is 0.112. The summed E-state index contributed by atoms with van der Waals surface area (Å²) >= 11 is 1.52. The van der Waals surface area contributed by atoms with Crippen molar-refractivity contribution in [2.45, 2.75) is 39.5 Å². The molecule has 0 bridgehead atoms. The summed E-state index contributed by atoms with van der Waals surface area (Å²) in [6.07, 6.45) is 3.33. The topological polar surface area (TPSA) is 33.2 Å². The first-order chi connectivity index (χ1) is 7.90. The van der Waals surface area contributed by atoms with Crippen LogP contribution < -0.4 is 4.90 Å². The lowest BCUT2D eigenvalue weighted by Gasteiger charge is -2.26. The molecule has 0 aliphatic heterocycles. The summed E-state index contributed by atoms with van der Waals surface area (Å²) in [5, 5.41) is 0.976. The van der Waals surface area contributed by atoms with Crippen molar-refractivity contribution in [1.29, 1.82) is 0 Å². The maximum Gasteiger partial charge on any atom is 0.185 e. The smallest absolute Gasteiger partial charge is 0.185 e. The van der Waals surface area contributed by atoms with Gasteiger partial charge in [0.2, 0.25) is 0 Å². The highest BCUT2D eigenvalue weighted by atomic mass is 32.1. The highest BCUT2D eigenvalue weighted by molar-refractivity contribution is 7.17. The van der Waals surface area contributed by atoms with Crippen LogP contribution >= 0.6 is 11.3 Å². The van der Waals surface area contributed by atoms with E-state index >= 15 is 0 Å². The Hall–Kier alpha value is -0.900. The summed E-state index contributed by atoms with van der Waals surface area (Å²) in [4.78, 5) is 18.7. The molecule has 2 rings (SSSR count). The van der Waals surface area contributed by atoms with Crippen LogP contribution in [0.2, 0.25) is 0 Å². The van der Waals surface area contributed by atoms with E-state index in [0.29, 0.717) is 5.92 Å². The lowest BCUT2D eigenvalue weighted by Crippen LogP contribution is -2.28. The molecular formula is C13H20N2OS. The number of hydrogen-bond acceptors (Lipinski definition) is 4. The van der Waals surface area contributed by atoms with Gasteiger partial charge in [-0.2, -0.15) is 0 Å². The monoisotopic (exact) mass is 252 g/mol. The van der Waals surface area contributed by atoms with Crippen LogP contribution in [-0.4, -0.2) is 24.9 Å². The van der Waals surface area contributed by atoms with Crippen LogP contribution in [0, 0.1) is 5.41 Å². The van der Waals surface area contributed by atoms with Gasteiger partial charge in [-0.05, 0) is 18.3 Å². The average Bonchev–Trinajstić information content (AvgIpc) is 2.95. The van der Waals surface area contributed by atoms with Crippen LogP contribution in [0.15, 0.2) is 0 Å². The quantitative estimate of drug-likeness (QED) is 0.771. The molecule has 1 aromatic rings. The van der Waals surface area contributed by atoms with E-state index < -0.39 is 0 Å². The minimum atomic E-state index is 0.238. The van der Waals surface area contributed by atoms with E-state index in [2.05, 4.69) is 37.7 Å². The predicted molar refractivity (Wildman–Crippen MR) is 72.2 cm³/mol. The fraction of sp³-hybridized carbons (Fsp3) is 0.692. The minimum absolute atomic E-state index is 0.238. The molecule has 0 aromatic carbocycles. The van der Waals surface area contributed by atoms with Crippen molar-refractivity contribution in [1.82, 2.24) is 4.98 Å². The molecule has 3 nitrogen and oxygen atoms in total. The summed E-state index contributed by atoms with van der Waals surface area (Å²) in [6.45, 7) is 7.57. The molecule has 0 unspecified atom stereocenters. The van der Waals surface area contributed by atoms with Gasteiger partial charge in [0.15, 0.2) is 11.4 Å². The molecule has 94 valence electrons. The van der Waals surface area contributed by atoms with Crippen LogP contribution in [0.3, 0.4) is 0 Å². The number of carbonyl (C=O) groups is 1. The number of hydrogen-bond donors (Lipinski definition) is 0. The van der Waals surface area contributed by atoms with Crippen molar-refractivity contribution in [2.75, 3.05) is 18.5 Å². The number of thiazole rings is 1. The van der Waals surface area contributed by atoms with E-state index in [1.54, 1.807) is 0 Å². The zero-order chi connectivity index (χ0) is 12.6. The molecule has 0 spiro atoms. The summed E-state index contributed by atoms with van der Waals surface area (Å²) in [6, 6.07) is 0.